The number of piperazine rings is 1. The molecule has 0 spiro atoms. The van der Waals surface area contributed by atoms with Gasteiger partial charge in [-0.2, -0.15) is 0 Å². The Morgan fingerprint density at radius 3 is 2.43 bits per heavy atom. The molecule has 0 atom stereocenters. The van der Waals surface area contributed by atoms with Crippen molar-refractivity contribution < 1.29 is 14.7 Å². The van der Waals surface area contributed by atoms with Crippen LogP contribution in [0.4, 0.5) is 17.2 Å². The van der Waals surface area contributed by atoms with Crippen LogP contribution in [0.15, 0.2) is 42.5 Å². The summed E-state index contributed by atoms with van der Waals surface area (Å²) in [6, 6.07) is 12.9. The van der Waals surface area contributed by atoms with Crippen molar-refractivity contribution in [2.45, 2.75) is 32.6 Å². The number of amides is 1. The molecule has 5 rings (SSSR count). The number of pyridine rings is 1. The average molecular weight is 493 g/mol. The first-order valence-corrected chi connectivity index (χ1v) is 12.5. The van der Waals surface area contributed by atoms with E-state index in [1.165, 1.54) is 5.56 Å². The van der Waals surface area contributed by atoms with Gasteiger partial charge < -0.3 is 20.2 Å². The molecule has 35 heavy (non-hydrogen) atoms. The highest BCUT2D eigenvalue weighted by molar-refractivity contribution is 6.30. The molecular formula is C27H29ClN4O3. The van der Waals surface area contributed by atoms with Crippen LogP contribution < -0.4 is 15.1 Å². The number of nitrogens with one attached hydrogen (secondary N) is 1. The number of anilines is 3. The smallest absolute Gasteiger partial charge is 0.336 e. The molecule has 8 heteroatoms. The molecule has 2 aliphatic rings. The van der Waals surface area contributed by atoms with Gasteiger partial charge in [-0.05, 0) is 61.7 Å². The number of benzene rings is 2. The number of halogens is 1. The molecule has 2 N–H and O–H groups in total. The Hall–Kier alpha value is -3.32. The molecular weight excluding hydrogens is 464 g/mol. The molecule has 2 fully saturated rings. The quantitative estimate of drug-likeness (QED) is 0.499. The molecule has 1 aliphatic carbocycles. The van der Waals surface area contributed by atoms with Gasteiger partial charge in [0.1, 0.15) is 5.82 Å². The van der Waals surface area contributed by atoms with Crippen LogP contribution in [-0.2, 0) is 4.79 Å². The largest absolute Gasteiger partial charge is 0.478 e. The van der Waals surface area contributed by atoms with Crippen molar-refractivity contribution in [2.24, 2.45) is 5.92 Å². The second-order valence-corrected chi connectivity index (χ2v) is 9.88. The summed E-state index contributed by atoms with van der Waals surface area (Å²) in [7, 11) is 0. The molecule has 2 heterocycles. The highest BCUT2D eigenvalue weighted by Crippen LogP contribution is 2.30. The highest BCUT2D eigenvalue weighted by Gasteiger charge is 2.24. The third-order valence-corrected chi connectivity index (χ3v) is 7.37. The first kappa shape index (κ1) is 23.4. The summed E-state index contributed by atoms with van der Waals surface area (Å²) < 4.78 is 0. The van der Waals surface area contributed by atoms with Gasteiger partial charge in [0.15, 0.2) is 0 Å². The molecule has 7 nitrogen and oxygen atoms in total. The van der Waals surface area contributed by atoms with E-state index in [9.17, 15) is 14.7 Å². The molecule has 1 aromatic heterocycles. The second-order valence-electron chi connectivity index (χ2n) is 9.44. The summed E-state index contributed by atoms with van der Waals surface area (Å²) in [4.78, 5) is 33.9. The first-order valence-electron chi connectivity index (χ1n) is 12.1. The minimum Gasteiger partial charge on any atom is -0.478 e. The second kappa shape index (κ2) is 9.74. The fourth-order valence-corrected chi connectivity index (χ4v) is 5.33. The van der Waals surface area contributed by atoms with Crippen LogP contribution >= 0.6 is 11.6 Å². The average Bonchev–Trinajstić information content (AvgIpc) is 3.40. The number of carboxylic acids is 1. The molecule has 1 saturated heterocycles. The Morgan fingerprint density at radius 1 is 1.00 bits per heavy atom. The third kappa shape index (κ3) is 4.91. The number of hydrogen-bond donors (Lipinski definition) is 2. The van der Waals surface area contributed by atoms with E-state index in [-0.39, 0.29) is 17.4 Å². The van der Waals surface area contributed by atoms with Gasteiger partial charge >= 0.3 is 5.97 Å². The lowest BCUT2D eigenvalue weighted by Gasteiger charge is -2.37. The molecule has 1 amide bonds. The van der Waals surface area contributed by atoms with Crippen LogP contribution in [0.1, 0.15) is 41.6 Å². The molecule has 2 aromatic carbocycles. The molecule has 0 unspecified atom stereocenters. The van der Waals surface area contributed by atoms with E-state index in [0.717, 1.165) is 57.5 Å². The molecule has 0 bridgehead atoms. The summed E-state index contributed by atoms with van der Waals surface area (Å²) in [5.41, 5.74) is 3.71. The van der Waals surface area contributed by atoms with Crippen LogP contribution in [0.5, 0.6) is 0 Å². The highest BCUT2D eigenvalue weighted by atomic mass is 35.5. The lowest BCUT2D eigenvalue weighted by Crippen LogP contribution is -2.47. The maximum Gasteiger partial charge on any atom is 0.336 e. The minimum atomic E-state index is -1.01. The number of fused-ring (bicyclic) bond motifs is 1. The molecule has 182 valence electrons. The van der Waals surface area contributed by atoms with Gasteiger partial charge in [-0.1, -0.05) is 30.5 Å². The Labute approximate surface area is 209 Å². The standard InChI is InChI=1S/C27H29ClN4O3/c1-17-6-7-19(28)14-24(17)31-10-12-32(13-11-31)25-16-22(27(34)35)21-15-20(8-9-23(21)30-25)29-26(33)18-4-2-3-5-18/h6-9,14-16,18H,2-5,10-13H2,1H3,(H,29,33)(H,34,35). The van der Waals surface area contributed by atoms with Gasteiger partial charge in [0, 0.05) is 53.9 Å². The number of carboxylic acid groups (broad SMARTS) is 1. The Bertz CT molecular complexity index is 1280. The van der Waals surface area contributed by atoms with Crippen molar-refractivity contribution in [1.82, 2.24) is 4.98 Å². The van der Waals surface area contributed by atoms with Crippen molar-refractivity contribution in [1.29, 1.82) is 0 Å². The number of aryl methyl sites for hydroxylation is 1. The normalized spacial score (nSPS) is 16.6. The Morgan fingerprint density at radius 2 is 1.71 bits per heavy atom. The van der Waals surface area contributed by atoms with Crippen LogP contribution in [0, 0.1) is 12.8 Å². The number of rotatable bonds is 5. The van der Waals surface area contributed by atoms with Gasteiger partial charge in [0.25, 0.3) is 0 Å². The monoisotopic (exact) mass is 492 g/mol. The first-order chi connectivity index (χ1) is 16.9. The number of aromatic carboxylic acids is 1. The van der Waals surface area contributed by atoms with Crippen molar-refractivity contribution in [2.75, 3.05) is 41.3 Å². The van der Waals surface area contributed by atoms with Gasteiger partial charge in [0.2, 0.25) is 5.91 Å². The predicted molar refractivity (Wildman–Crippen MR) is 140 cm³/mol. The third-order valence-electron chi connectivity index (χ3n) is 7.13. The van der Waals surface area contributed by atoms with E-state index < -0.39 is 5.97 Å². The van der Waals surface area contributed by atoms with Crippen molar-refractivity contribution >= 4 is 51.6 Å². The van der Waals surface area contributed by atoms with Gasteiger partial charge in [-0.3, -0.25) is 4.79 Å². The van der Waals surface area contributed by atoms with E-state index in [4.69, 9.17) is 16.6 Å². The fraction of sp³-hybridized carbons (Fsp3) is 0.370. The SMILES string of the molecule is Cc1ccc(Cl)cc1N1CCN(c2cc(C(=O)O)c3cc(NC(=O)C4CCCC4)ccc3n2)CC1. The number of aromatic nitrogens is 1. The molecule has 3 aromatic rings. The number of hydrogen-bond acceptors (Lipinski definition) is 5. The zero-order chi connectivity index (χ0) is 24.5. The molecule has 0 radical (unpaired) electrons. The Kier molecular flexibility index (Phi) is 6.52. The van der Waals surface area contributed by atoms with E-state index in [1.807, 2.05) is 18.2 Å². The van der Waals surface area contributed by atoms with E-state index in [1.54, 1.807) is 24.3 Å². The summed E-state index contributed by atoms with van der Waals surface area (Å²) in [5, 5.41) is 14.2. The topological polar surface area (TPSA) is 85.8 Å². The van der Waals surface area contributed by atoms with E-state index in [2.05, 4.69) is 22.0 Å². The lowest BCUT2D eigenvalue weighted by molar-refractivity contribution is -0.119. The zero-order valence-corrected chi connectivity index (χ0v) is 20.5. The van der Waals surface area contributed by atoms with Crippen molar-refractivity contribution in [3.8, 4) is 0 Å². The van der Waals surface area contributed by atoms with Crippen molar-refractivity contribution in [3.05, 3.63) is 58.6 Å². The molecule has 1 saturated carbocycles. The summed E-state index contributed by atoms with van der Waals surface area (Å²) in [6.45, 7) is 5.09. The predicted octanol–water partition coefficient (Wildman–Crippen LogP) is 5.35. The lowest BCUT2D eigenvalue weighted by atomic mass is 10.1. The summed E-state index contributed by atoms with van der Waals surface area (Å²) in [5.74, 6) is -0.304. The van der Waals surface area contributed by atoms with Gasteiger partial charge in [0.05, 0.1) is 11.1 Å². The van der Waals surface area contributed by atoms with E-state index in [0.29, 0.717) is 27.4 Å². The van der Waals surface area contributed by atoms with Gasteiger partial charge in [-0.15, -0.1) is 0 Å². The summed E-state index contributed by atoms with van der Waals surface area (Å²) >= 11 is 6.21. The Balaban J connectivity index is 1.37. The number of carbonyl (C=O) groups excluding carboxylic acids is 1. The van der Waals surface area contributed by atoms with Crippen LogP contribution in [0.25, 0.3) is 10.9 Å². The van der Waals surface area contributed by atoms with Crippen LogP contribution in [-0.4, -0.2) is 48.1 Å². The van der Waals surface area contributed by atoms with E-state index >= 15 is 0 Å². The van der Waals surface area contributed by atoms with Crippen LogP contribution in [0.3, 0.4) is 0 Å². The number of nitrogens with zero attached hydrogens (tertiary/aromatic N) is 3. The maximum atomic E-state index is 12.5. The molecule has 1 aliphatic heterocycles. The minimum absolute atomic E-state index is 0.0103. The van der Waals surface area contributed by atoms with Crippen molar-refractivity contribution in [3.63, 3.8) is 0 Å². The summed E-state index contributed by atoms with van der Waals surface area (Å²) in [6.07, 6.45) is 3.99. The maximum absolute atomic E-state index is 12.5. The zero-order valence-electron chi connectivity index (χ0n) is 19.8. The fourth-order valence-electron chi connectivity index (χ4n) is 5.16. The van der Waals surface area contributed by atoms with Gasteiger partial charge in [-0.25, -0.2) is 9.78 Å². The number of carbonyl (C=O) groups is 2. The van der Waals surface area contributed by atoms with Crippen LogP contribution in [0.2, 0.25) is 5.02 Å².